The molecule has 1 aliphatic rings. The van der Waals surface area contributed by atoms with Crippen LogP contribution in [0.4, 0.5) is 9.93 Å². The van der Waals surface area contributed by atoms with Gasteiger partial charge >= 0.3 is 6.03 Å². The molecule has 2 heterocycles. The summed E-state index contributed by atoms with van der Waals surface area (Å²) in [5, 5.41) is 14.4. The number of aryl methyl sites for hydroxylation is 1. The first-order valence-electron chi connectivity index (χ1n) is 6.44. The zero-order valence-electron chi connectivity index (χ0n) is 11.4. The quantitative estimate of drug-likeness (QED) is 0.901. The van der Waals surface area contributed by atoms with Crippen molar-refractivity contribution in [2.75, 3.05) is 18.7 Å². The van der Waals surface area contributed by atoms with Gasteiger partial charge in [0.1, 0.15) is 5.01 Å². The molecule has 0 unspecified atom stereocenters. The van der Waals surface area contributed by atoms with Crippen molar-refractivity contribution in [3.05, 3.63) is 28.8 Å². The van der Waals surface area contributed by atoms with Gasteiger partial charge in [-0.15, -0.1) is 10.2 Å². The summed E-state index contributed by atoms with van der Waals surface area (Å²) in [5.74, 6) is 1.51. The van der Waals surface area contributed by atoms with Crippen molar-refractivity contribution in [3.63, 3.8) is 0 Å². The van der Waals surface area contributed by atoms with E-state index in [9.17, 15) is 4.79 Å². The lowest BCUT2D eigenvalue weighted by atomic mass is 10.1. The summed E-state index contributed by atoms with van der Waals surface area (Å²) in [5.41, 5.74) is 1.08. The van der Waals surface area contributed by atoms with Crippen molar-refractivity contribution >= 4 is 22.5 Å². The van der Waals surface area contributed by atoms with E-state index in [1.165, 1.54) is 11.3 Å². The third-order valence-electron chi connectivity index (χ3n) is 2.88. The van der Waals surface area contributed by atoms with Gasteiger partial charge in [0.05, 0.1) is 0 Å². The lowest BCUT2D eigenvalue weighted by molar-refractivity contribution is 0.174. The van der Waals surface area contributed by atoms with Gasteiger partial charge in [-0.3, -0.25) is 5.32 Å². The highest BCUT2D eigenvalue weighted by Crippen LogP contribution is 2.32. The Hall–Kier alpha value is -2.35. The van der Waals surface area contributed by atoms with Gasteiger partial charge in [-0.25, -0.2) is 4.79 Å². The molecule has 0 fully saturated rings. The number of fused-ring (bicyclic) bond motifs is 1. The highest BCUT2D eigenvalue weighted by atomic mass is 32.1. The second-order valence-corrected chi connectivity index (χ2v) is 5.63. The van der Waals surface area contributed by atoms with E-state index in [1.54, 1.807) is 0 Å². The fourth-order valence-corrected chi connectivity index (χ4v) is 2.49. The number of hydrogen-bond acceptors (Lipinski definition) is 6. The normalized spacial score (nSPS) is 12.2. The Morgan fingerprint density at radius 2 is 2.19 bits per heavy atom. The molecule has 1 aromatic carbocycles. The molecular formula is C13H14N4O3S. The molecule has 0 spiro atoms. The summed E-state index contributed by atoms with van der Waals surface area (Å²) in [4.78, 5) is 11.7. The van der Waals surface area contributed by atoms with Crippen LogP contribution in [-0.2, 0) is 6.42 Å². The monoisotopic (exact) mass is 306 g/mol. The molecule has 1 aliphatic heterocycles. The number of ether oxygens (including phenoxy) is 2. The van der Waals surface area contributed by atoms with E-state index < -0.39 is 0 Å². The van der Waals surface area contributed by atoms with Crippen LogP contribution in [0, 0.1) is 6.92 Å². The minimum atomic E-state index is -0.285. The fraction of sp³-hybridized carbons (Fsp3) is 0.308. The number of aromatic nitrogens is 2. The van der Waals surface area contributed by atoms with Crippen LogP contribution in [-0.4, -0.2) is 29.6 Å². The van der Waals surface area contributed by atoms with Gasteiger partial charge in [0.2, 0.25) is 11.9 Å². The highest BCUT2D eigenvalue weighted by Gasteiger charge is 2.13. The highest BCUT2D eigenvalue weighted by molar-refractivity contribution is 7.15. The number of amides is 2. The Bertz CT molecular complexity index is 659. The smallest absolute Gasteiger partial charge is 0.321 e. The first kappa shape index (κ1) is 13.6. The number of hydrogen-bond donors (Lipinski definition) is 2. The SMILES string of the molecule is Cc1nnc(NC(=O)NCCc2ccc3c(c2)OCO3)s1. The van der Waals surface area contributed by atoms with E-state index in [-0.39, 0.29) is 12.8 Å². The van der Waals surface area contributed by atoms with Gasteiger partial charge in [-0.1, -0.05) is 17.4 Å². The number of anilines is 1. The Labute approximate surface area is 125 Å². The standard InChI is InChI=1S/C13H14N4O3S/c1-8-16-17-13(21-8)15-12(18)14-5-4-9-2-3-10-11(6-9)20-7-19-10/h2-3,6H,4-5,7H2,1H3,(H2,14,15,17,18). The van der Waals surface area contributed by atoms with Crippen LogP contribution in [0.2, 0.25) is 0 Å². The number of nitrogens with one attached hydrogen (secondary N) is 2. The number of carbonyl (C=O) groups excluding carboxylic acids is 1. The third kappa shape index (κ3) is 3.40. The molecule has 0 aliphatic carbocycles. The molecule has 7 nitrogen and oxygen atoms in total. The molecule has 2 N–H and O–H groups in total. The van der Waals surface area contributed by atoms with Gasteiger partial charge in [-0.05, 0) is 31.0 Å². The predicted molar refractivity (Wildman–Crippen MR) is 77.9 cm³/mol. The van der Waals surface area contributed by atoms with Gasteiger partial charge in [0.15, 0.2) is 11.5 Å². The molecular weight excluding hydrogens is 292 g/mol. The second kappa shape index (κ2) is 5.96. The van der Waals surface area contributed by atoms with E-state index in [0.717, 1.165) is 22.1 Å². The summed E-state index contributed by atoms with van der Waals surface area (Å²) in [6.07, 6.45) is 0.708. The Morgan fingerprint density at radius 3 is 3.00 bits per heavy atom. The predicted octanol–water partition coefficient (Wildman–Crippen LogP) is 1.94. The number of carbonyl (C=O) groups is 1. The maximum Gasteiger partial charge on any atom is 0.321 e. The van der Waals surface area contributed by atoms with E-state index in [4.69, 9.17) is 9.47 Å². The van der Waals surface area contributed by atoms with Crippen molar-refractivity contribution in [2.24, 2.45) is 0 Å². The summed E-state index contributed by atoms with van der Waals surface area (Å²) < 4.78 is 10.6. The summed E-state index contributed by atoms with van der Waals surface area (Å²) in [6.45, 7) is 2.62. The zero-order valence-corrected chi connectivity index (χ0v) is 12.2. The number of benzene rings is 1. The van der Waals surface area contributed by atoms with Crippen LogP contribution in [0.5, 0.6) is 11.5 Å². The number of urea groups is 1. The Kier molecular flexibility index (Phi) is 3.87. The molecule has 0 saturated heterocycles. The average Bonchev–Trinajstić information content (AvgIpc) is 3.07. The largest absolute Gasteiger partial charge is 0.454 e. The lowest BCUT2D eigenvalue weighted by Gasteiger charge is -2.06. The van der Waals surface area contributed by atoms with Crippen molar-refractivity contribution < 1.29 is 14.3 Å². The first-order chi connectivity index (χ1) is 10.2. The van der Waals surface area contributed by atoms with E-state index in [0.29, 0.717) is 18.1 Å². The summed E-state index contributed by atoms with van der Waals surface area (Å²) >= 11 is 1.33. The first-order valence-corrected chi connectivity index (χ1v) is 7.26. The Balaban J connectivity index is 1.46. The van der Waals surface area contributed by atoms with Crippen LogP contribution in [0.25, 0.3) is 0 Å². The van der Waals surface area contributed by atoms with Gasteiger partial charge in [0, 0.05) is 6.54 Å². The third-order valence-corrected chi connectivity index (χ3v) is 3.64. The van der Waals surface area contributed by atoms with Crippen LogP contribution in [0.3, 0.4) is 0 Å². The maximum absolute atomic E-state index is 11.7. The van der Waals surface area contributed by atoms with Crippen LogP contribution in [0.1, 0.15) is 10.6 Å². The molecule has 3 rings (SSSR count). The Morgan fingerprint density at radius 1 is 1.33 bits per heavy atom. The number of nitrogens with zero attached hydrogens (tertiary/aromatic N) is 2. The molecule has 0 saturated carbocycles. The van der Waals surface area contributed by atoms with Crippen LogP contribution < -0.4 is 20.1 Å². The number of rotatable bonds is 4. The molecule has 21 heavy (non-hydrogen) atoms. The molecule has 110 valence electrons. The van der Waals surface area contributed by atoms with E-state index in [2.05, 4.69) is 20.8 Å². The van der Waals surface area contributed by atoms with E-state index in [1.807, 2.05) is 25.1 Å². The van der Waals surface area contributed by atoms with Gasteiger partial charge in [0.25, 0.3) is 0 Å². The van der Waals surface area contributed by atoms with Crippen LogP contribution >= 0.6 is 11.3 Å². The van der Waals surface area contributed by atoms with Gasteiger partial charge < -0.3 is 14.8 Å². The summed E-state index contributed by atoms with van der Waals surface area (Å²) in [7, 11) is 0. The fourth-order valence-electron chi connectivity index (χ4n) is 1.91. The van der Waals surface area contributed by atoms with Crippen molar-refractivity contribution in [1.29, 1.82) is 0 Å². The van der Waals surface area contributed by atoms with E-state index >= 15 is 0 Å². The van der Waals surface area contributed by atoms with Crippen LogP contribution in [0.15, 0.2) is 18.2 Å². The molecule has 2 amide bonds. The molecule has 0 atom stereocenters. The molecule has 1 aromatic heterocycles. The zero-order chi connectivity index (χ0) is 14.7. The average molecular weight is 306 g/mol. The van der Waals surface area contributed by atoms with Gasteiger partial charge in [-0.2, -0.15) is 0 Å². The molecule has 0 bridgehead atoms. The molecule has 8 heteroatoms. The minimum absolute atomic E-state index is 0.265. The molecule has 2 aromatic rings. The topological polar surface area (TPSA) is 85.4 Å². The lowest BCUT2D eigenvalue weighted by Crippen LogP contribution is -2.30. The minimum Gasteiger partial charge on any atom is -0.454 e. The molecule has 0 radical (unpaired) electrons. The van der Waals surface area contributed by atoms with Crippen molar-refractivity contribution in [1.82, 2.24) is 15.5 Å². The maximum atomic E-state index is 11.7. The van der Waals surface area contributed by atoms with Crippen molar-refractivity contribution in [2.45, 2.75) is 13.3 Å². The van der Waals surface area contributed by atoms with Crippen molar-refractivity contribution in [3.8, 4) is 11.5 Å². The summed E-state index contributed by atoms with van der Waals surface area (Å²) in [6, 6.07) is 5.48. The second-order valence-electron chi connectivity index (χ2n) is 4.44.